The highest BCUT2D eigenvalue weighted by atomic mass is 16.5. The molecule has 29 heavy (non-hydrogen) atoms. The zero-order chi connectivity index (χ0) is 20.5. The van der Waals surface area contributed by atoms with E-state index in [4.69, 9.17) is 4.74 Å². The molecular weight excluding hydrogens is 358 g/mol. The fourth-order valence-electron chi connectivity index (χ4n) is 6.20. The topological polar surface area (TPSA) is 29.5 Å². The van der Waals surface area contributed by atoms with Crippen molar-refractivity contribution in [2.75, 3.05) is 13.1 Å². The van der Waals surface area contributed by atoms with Crippen LogP contribution in [0.4, 0.5) is 0 Å². The quantitative estimate of drug-likeness (QED) is 0.314. The molecule has 1 aliphatic heterocycles. The molecule has 1 saturated heterocycles. The minimum absolute atomic E-state index is 0.117. The molecule has 0 atom stereocenters. The number of hydrogen-bond acceptors (Lipinski definition) is 3. The van der Waals surface area contributed by atoms with E-state index in [1.54, 1.807) is 0 Å². The Balaban J connectivity index is 1.30. The van der Waals surface area contributed by atoms with Crippen molar-refractivity contribution in [1.82, 2.24) is 4.90 Å². The van der Waals surface area contributed by atoms with Gasteiger partial charge in [0.25, 0.3) is 0 Å². The summed E-state index contributed by atoms with van der Waals surface area (Å²) in [6.45, 7) is 6.83. The standard InChI is InChI=1S/C26H47NO2/c1-3-5-6-8-22-11-15-24(16-12-22)27-19-17-25(18-20-27)29-26(28)23-13-9-21(7-4-2)10-14-23/h21-25H,3-20H2,1-2H3. The summed E-state index contributed by atoms with van der Waals surface area (Å²) in [5.74, 6) is 2.15. The molecule has 0 unspecified atom stereocenters. The van der Waals surface area contributed by atoms with Gasteiger partial charge in [-0.2, -0.15) is 0 Å². The number of carbonyl (C=O) groups is 1. The molecule has 0 bridgehead atoms. The van der Waals surface area contributed by atoms with Gasteiger partial charge in [-0.05, 0) is 76.0 Å². The molecule has 0 spiro atoms. The molecule has 3 rings (SSSR count). The van der Waals surface area contributed by atoms with Gasteiger partial charge < -0.3 is 9.64 Å². The number of nitrogens with zero attached hydrogens (tertiary/aromatic N) is 1. The van der Waals surface area contributed by atoms with Gasteiger partial charge in [-0.1, -0.05) is 52.4 Å². The summed E-state index contributed by atoms with van der Waals surface area (Å²) >= 11 is 0. The Morgan fingerprint density at radius 1 is 0.759 bits per heavy atom. The van der Waals surface area contributed by atoms with E-state index >= 15 is 0 Å². The van der Waals surface area contributed by atoms with E-state index in [-0.39, 0.29) is 18.0 Å². The van der Waals surface area contributed by atoms with Crippen molar-refractivity contribution < 1.29 is 9.53 Å². The van der Waals surface area contributed by atoms with Gasteiger partial charge in [0.15, 0.2) is 0 Å². The lowest BCUT2D eigenvalue weighted by atomic mass is 9.80. The first-order valence-electron chi connectivity index (χ1n) is 13.1. The summed E-state index contributed by atoms with van der Waals surface area (Å²) in [4.78, 5) is 15.3. The van der Waals surface area contributed by atoms with E-state index in [0.717, 1.165) is 56.7 Å². The van der Waals surface area contributed by atoms with E-state index in [0.29, 0.717) is 0 Å². The Kier molecular flexibility index (Phi) is 9.82. The van der Waals surface area contributed by atoms with Gasteiger partial charge in [0.05, 0.1) is 5.92 Å². The van der Waals surface area contributed by atoms with Crippen LogP contribution in [0, 0.1) is 17.8 Å². The third kappa shape index (κ3) is 7.26. The number of ether oxygens (including phenoxy) is 1. The first-order chi connectivity index (χ1) is 14.2. The maximum Gasteiger partial charge on any atom is 0.309 e. The van der Waals surface area contributed by atoms with Crippen LogP contribution in [-0.2, 0) is 9.53 Å². The lowest BCUT2D eigenvalue weighted by molar-refractivity contribution is -0.158. The van der Waals surface area contributed by atoms with Crippen LogP contribution >= 0.6 is 0 Å². The normalized spacial score (nSPS) is 32.2. The average molecular weight is 406 g/mol. The molecule has 0 aromatic heterocycles. The summed E-state index contributed by atoms with van der Waals surface area (Å²) in [5, 5.41) is 0. The van der Waals surface area contributed by atoms with Crippen LogP contribution in [0.15, 0.2) is 0 Å². The van der Waals surface area contributed by atoms with Crippen LogP contribution in [0.5, 0.6) is 0 Å². The third-order valence-corrected chi connectivity index (χ3v) is 8.19. The smallest absolute Gasteiger partial charge is 0.309 e. The second-order valence-corrected chi connectivity index (χ2v) is 10.3. The van der Waals surface area contributed by atoms with Crippen LogP contribution in [0.3, 0.4) is 0 Å². The predicted octanol–water partition coefficient (Wildman–Crippen LogP) is 6.74. The zero-order valence-corrected chi connectivity index (χ0v) is 19.4. The minimum atomic E-state index is 0.117. The number of rotatable bonds is 9. The molecule has 3 heteroatoms. The van der Waals surface area contributed by atoms with Crippen molar-refractivity contribution in [3.8, 4) is 0 Å². The zero-order valence-electron chi connectivity index (χ0n) is 19.4. The van der Waals surface area contributed by atoms with E-state index in [9.17, 15) is 4.79 Å². The number of likely N-dealkylation sites (tertiary alicyclic amines) is 1. The number of carbonyl (C=O) groups excluding carboxylic acids is 1. The third-order valence-electron chi connectivity index (χ3n) is 8.19. The SMILES string of the molecule is CCCCCC1CCC(N2CCC(OC(=O)C3CCC(CCC)CC3)CC2)CC1. The monoisotopic (exact) mass is 405 g/mol. The van der Waals surface area contributed by atoms with Crippen molar-refractivity contribution in [1.29, 1.82) is 0 Å². The molecule has 2 aliphatic carbocycles. The van der Waals surface area contributed by atoms with Gasteiger partial charge in [0, 0.05) is 19.1 Å². The van der Waals surface area contributed by atoms with Crippen LogP contribution in [-0.4, -0.2) is 36.1 Å². The van der Waals surface area contributed by atoms with Crippen molar-refractivity contribution >= 4 is 5.97 Å². The summed E-state index contributed by atoms with van der Waals surface area (Å²) in [5.41, 5.74) is 0. The highest BCUT2D eigenvalue weighted by molar-refractivity contribution is 5.72. The molecule has 0 amide bonds. The van der Waals surface area contributed by atoms with Crippen molar-refractivity contribution in [2.24, 2.45) is 17.8 Å². The predicted molar refractivity (Wildman–Crippen MR) is 121 cm³/mol. The fraction of sp³-hybridized carbons (Fsp3) is 0.962. The summed E-state index contributed by atoms with van der Waals surface area (Å²) < 4.78 is 5.97. The molecule has 2 saturated carbocycles. The molecule has 3 fully saturated rings. The molecule has 0 radical (unpaired) electrons. The van der Waals surface area contributed by atoms with Crippen molar-refractivity contribution in [3.63, 3.8) is 0 Å². The number of unbranched alkanes of at least 4 members (excludes halogenated alkanes) is 2. The molecular formula is C26H47NO2. The highest BCUT2D eigenvalue weighted by Crippen LogP contribution is 2.34. The molecule has 0 aromatic rings. The maximum atomic E-state index is 12.6. The van der Waals surface area contributed by atoms with Crippen LogP contribution in [0.1, 0.15) is 117 Å². The Morgan fingerprint density at radius 3 is 2.00 bits per heavy atom. The lowest BCUT2D eigenvalue weighted by Gasteiger charge is -2.41. The van der Waals surface area contributed by atoms with Crippen molar-refractivity contribution in [3.05, 3.63) is 0 Å². The van der Waals surface area contributed by atoms with E-state index < -0.39 is 0 Å². The van der Waals surface area contributed by atoms with E-state index in [1.807, 2.05) is 0 Å². The number of hydrogen-bond donors (Lipinski definition) is 0. The van der Waals surface area contributed by atoms with Gasteiger partial charge >= 0.3 is 5.97 Å². The van der Waals surface area contributed by atoms with Crippen LogP contribution < -0.4 is 0 Å². The van der Waals surface area contributed by atoms with Gasteiger partial charge in [-0.25, -0.2) is 0 Å². The maximum absolute atomic E-state index is 12.6. The highest BCUT2D eigenvalue weighted by Gasteiger charge is 2.32. The van der Waals surface area contributed by atoms with Gasteiger partial charge in [-0.3, -0.25) is 4.79 Å². The molecule has 3 nitrogen and oxygen atoms in total. The van der Waals surface area contributed by atoms with E-state index in [2.05, 4.69) is 18.7 Å². The minimum Gasteiger partial charge on any atom is -0.462 e. The lowest BCUT2D eigenvalue weighted by Crippen LogP contribution is -2.45. The van der Waals surface area contributed by atoms with Crippen molar-refractivity contribution in [2.45, 2.75) is 129 Å². The Labute approximate surface area is 180 Å². The van der Waals surface area contributed by atoms with Gasteiger partial charge in [0.1, 0.15) is 6.10 Å². The van der Waals surface area contributed by atoms with Crippen LogP contribution in [0.25, 0.3) is 0 Å². The number of esters is 1. The Hall–Kier alpha value is -0.570. The molecule has 168 valence electrons. The Bertz CT molecular complexity index is 455. The first kappa shape index (κ1) is 23.1. The molecule has 0 N–H and O–H groups in total. The van der Waals surface area contributed by atoms with Gasteiger partial charge in [-0.15, -0.1) is 0 Å². The second-order valence-electron chi connectivity index (χ2n) is 10.3. The van der Waals surface area contributed by atoms with E-state index in [1.165, 1.54) is 77.0 Å². The van der Waals surface area contributed by atoms with Gasteiger partial charge in [0.2, 0.25) is 0 Å². The Morgan fingerprint density at radius 2 is 1.38 bits per heavy atom. The number of piperidine rings is 1. The largest absolute Gasteiger partial charge is 0.462 e. The molecule has 1 heterocycles. The fourth-order valence-corrected chi connectivity index (χ4v) is 6.20. The van der Waals surface area contributed by atoms with Crippen LogP contribution in [0.2, 0.25) is 0 Å². The molecule has 3 aliphatic rings. The summed E-state index contributed by atoms with van der Waals surface area (Å²) in [6, 6.07) is 0.794. The molecule has 0 aromatic carbocycles. The first-order valence-corrected chi connectivity index (χ1v) is 13.1. The summed E-state index contributed by atoms with van der Waals surface area (Å²) in [6.07, 6.45) is 20.8. The average Bonchev–Trinajstić information content (AvgIpc) is 2.76. The second kappa shape index (κ2) is 12.3. The summed E-state index contributed by atoms with van der Waals surface area (Å²) in [7, 11) is 0.